The lowest BCUT2D eigenvalue weighted by Crippen LogP contribution is -2.47. The van der Waals surface area contributed by atoms with Crippen LogP contribution in [0.5, 0.6) is 0 Å². The van der Waals surface area contributed by atoms with Gasteiger partial charge < -0.3 is 20.8 Å². The average Bonchev–Trinajstić information content (AvgIpc) is 2.36. The Labute approximate surface area is 113 Å². The van der Waals surface area contributed by atoms with Crippen molar-refractivity contribution in [3.8, 4) is 0 Å². The van der Waals surface area contributed by atoms with Crippen molar-refractivity contribution in [1.29, 1.82) is 0 Å². The number of carboxylic acids is 1. The van der Waals surface area contributed by atoms with Crippen LogP contribution in [0.3, 0.4) is 0 Å². The minimum Gasteiger partial charge on any atom is -0.480 e. The maximum atomic E-state index is 11.6. The number of hydrogen-bond donors (Lipinski definition) is 4. The predicted octanol–water partition coefficient (Wildman–Crippen LogP) is 0.947. The van der Waals surface area contributed by atoms with Crippen molar-refractivity contribution in [2.24, 2.45) is 11.8 Å². The summed E-state index contributed by atoms with van der Waals surface area (Å²) in [5, 5.41) is 22.7. The number of carbonyl (C=O) groups is 2. The van der Waals surface area contributed by atoms with Gasteiger partial charge in [-0.25, -0.2) is 9.59 Å². The fourth-order valence-corrected chi connectivity index (χ4v) is 2.58. The molecule has 1 rings (SSSR count). The smallest absolute Gasteiger partial charge is 0.326 e. The molecule has 0 bridgehead atoms. The zero-order chi connectivity index (χ0) is 14.3. The number of rotatable bonds is 6. The third-order valence-electron chi connectivity index (χ3n) is 3.62. The van der Waals surface area contributed by atoms with E-state index in [9.17, 15) is 9.59 Å². The monoisotopic (exact) mass is 272 g/mol. The Balaban J connectivity index is 2.28. The average molecular weight is 272 g/mol. The molecule has 0 spiro atoms. The van der Waals surface area contributed by atoms with Crippen LogP contribution < -0.4 is 10.6 Å². The molecule has 2 amide bonds. The molecule has 1 saturated carbocycles. The fraction of sp³-hybridized carbons (Fsp3) is 0.846. The van der Waals surface area contributed by atoms with Gasteiger partial charge >= 0.3 is 12.0 Å². The number of amides is 2. The molecule has 0 radical (unpaired) electrons. The number of aliphatic carboxylic acids is 1. The second-order valence-electron chi connectivity index (χ2n) is 5.40. The molecule has 3 unspecified atom stereocenters. The van der Waals surface area contributed by atoms with Gasteiger partial charge in [-0.15, -0.1) is 0 Å². The summed E-state index contributed by atoms with van der Waals surface area (Å²) in [5.74, 6) is 0.0517. The van der Waals surface area contributed by atoms with Crippen LogP contribution in [0.4, 0.5) is 4.79 Å². The molecule has 1 aliphatic rings. The van der Waals surface area contributed by atoms with Gasteiger partial charge in [0.1, 0.15) is 6.04 Å². The number of nitrogens with one attached hydrogen (secondary N) is 2. The zero-order valence-corrected chi connectivity index (χ0v) is 11.4. The Hall–Kier alpha value is -1.30. The number of carbonyl (C=O) groups excluding carboxylic acids is 1. The maximum absolute atomic E-state index is 11.6. The van der Waals surface area contributed by atoms with E-state index < -0.39 is 18.0 Å². The third kappa shape index (κ3) is 5.92. The Morgan fingerprint density at radius 1 is 1.37 bits per heavy atom. The normalized spacial score (nSPS) is 24.5. The summed E-state index contributed by atoms with van der Waals surface area (Å²) in [7, 11) is 0. The molecule has 0 aromatic rings. The summed E-state index contributed by atoms with van der Waals surface area (Å²) in [5.41, 5.74) is 0. The Morgan fingerprint density at radius 3 is 2.68 bits per heavy atom. The summed E-state index contributed by atoms with van der Waals surface area (Å²) in [6.07, 6.45) is 4.68. The van der Waals surface area contributed by atoms with Gasteiger partial charge in [-0.1, -0.05) is 19.8 Å². The molecule has 6 nitrogen and oxygen atoms in total. The van der Waals surface area contributed by atoms with Crippen molar-refractivity contribution >= 4 is 12.0 Å². The first-order chi connectivity index (χ1) is 9.02. The molecule has 19 heavy (non-hydrogen) atoms. The molecular weight excluding hydrogens is 248 g/mol. The molecule has 0 aromatic carbocycles. The molecule has 0 aromatic heterocycles. The van der Waals surface area contributed by atoms with Crippen LogP contribution in [0.15, 0.2) is 0 Å². The summed E-state index contributed by atoms with van der Waals surface area (Å²) in [4.78, 5) is 22.4. The van der Waals surface area contributed by atoms with Crippen LogP contribution in [0.25, 0.3) is 0 Å². The molecular formula is C13H24N2O4. The van der Waals surface area contributed by atoms with Gasteiger partial charge in [0.25, 0.3) is 0 Å². The third-order valence-corrected chi connectivity index (χ3v) is 3.62. The van der Waals surface area contributed by atoms with E-state index in [0.717, 1.165) is 12.8 Å². The quantitative estimate of drug-likeness (QED) is 0.578. The van der Waals surface area contributed by atoms with Crippen LogP contribution in [-0.4, -0.2) is 41.4 Å². The van der Waals surface area contributed by atoms with E-state index in [1.54, 1.807) is 0 Å². The molecule has 1 fully saturated rings. The first kappa shape index (κ1) is 15.8. The summed E-state index contributed by atoms with van der Waals surface area (Å²) < 4.78 is 0. The molecule has 0 aliphatic heterocycles. The highest BCUT2D eigenvalue weighted by Crippen LogP contribution is 2.27. The van der Waals surface area contributed by atoms with Crippen LogP contribution in [0.1, 0.15) is 39.0 Å². The molecule has 0 saturated heterocycles. The van der Waals surface area contributed by atoms with Gasteiger partial charge in [0.05, 0.1) is 0 Å². The Kier molecular flexibility index (Phi) is 6.62. The highest BCUT2D eigenvalue weighted by Gasteiger charge is 2.21. The van der Waals surface area contributed by atoms with Crippen LogP contribution in [-0.2, 0) is 4.79 Å². The van der Waals surface area contributed by atoms with Crippen molar-refractivity contribution in [2.75, 3.05) is 13.2 Å². The van der Waals surface area contributed by atoms with E-state index in [1.165, 1.54) is 12.8 Å². The first-order valence-corrected chi connectivity index (χ1v) is 6.91. The first-order valence-electron chi connectivity index (χ1n) is 6.91. The predicted molar refractivity (Wildman–Crippen MR) is 70.8 cm³/mol. The highest BCUT2D eigenvalue weighted by molar-refractivity contribution is 5.82. The lowest BCUT2D eigenvalue weighted by Gasteiger charge is -2.27. The van der Waals surface area contributed by atoms with E-state index in [0.29, 0.717) is 18.4 Å². The number of aliphatic hydroxyl groups excluding tert-OH is 1. The Morgan fingerprint density at radius 2 is 2.11 bits per heavy atom. The van der Waals surface area contributed by atoms with E-state index in [4.69, 9.17) is 10.2 Å². The largest absolute Gasteiger partial charge is 0.480 e. The second kappa shape index (κ2) is 7.99. The van der Waals surface area contributed by atoms with Gasteiger partial charge in [0.15, 0.2) is 0 Å². The van der Waals surface area contributed by atoms with E-state index in [2.05, 4.69) is 17.6 Å². The van der Waals surface area contributed by atoms with Crippen molar-refractivity contribution in [3.63, 3.8) is 0 Å². The van der Waals surface area contributed by atoms with Gasteiger partial charge in [-0.05, 0) is 24.7 Å². The van der Waals surface area contributed by atoms with Gasteiger partial charge in [0, 0.05) is 19.6 Å². The fourth-order valence-electron chi connectivity index (χ4n) is 2.58. The maximum Gasteiger partial charge on any atom is 0.326 e. The van der Waals surface area contributed by atoms with E-state index >= 15 is 0 Å². The summed E-state index contributed by atoms with van der Waals surface area (Å²) in [6.45, 7) is 2.53. The molecule has 1 aliphatic carbocycles. The van der Waals surface area contributed by atoms with Crippen LogP contribution in [0.2, 0.25) is 0 Å². The van der Waals surface area contributed by atoms with Gasteiger partial charge in [-0.3, -0.25) is 0 Å². The molecule has 4 N–H and O–H groups in total. The number of aliphatic hydroxyl groups is 1. The van der Waals surface area contributed by atoms with Crippen molar-refractivity contribution in [1.82, 2.24) is 10.6 Å². The lowest BCUT2D eigenvalue weighted by molar-refractivity contribution is -0.139. The van der Waals surface area contributed by atoms with E-state index in [-0.39, 0.29) is 13.0 Å². The number of hydrogen-bond acceptors (Lipinski definition) is 3. The highest BCUT2D eigenvalue weighted by atomic mass is 16.4. The van der Waals surface area contributed by atoms with E-state index in [1.807, 2.05) is 0 Å². The van der Waals surface area contributed by atoms with Crippen molar-refractivity contribution < 1.29 is 19.8 Å². The standard InChI is InChI=1S/C13H24N2O4/c1-9-3-2-4-10(7-9)8-14-13(19)15-11(5-6-16)12(17)18/h9-11,16H,2-8H2,1H3,(H,17,18)(H2,14,15,19). The molecule has 6 heteroatoms. The van der Waals surface area contributed by atoms with Gasteiger partial charge in [0.2, 0.25) is 0 Å². The Bertz CT molecular complexity index is 309. The number of urea groups is 1. The molecule has 110 valence electrons. The zero-order valence-electron chi connectivity index (χ0n) is 11.4. The summed E-state index contributed by atoms with van der Waals surface area (Å²) >= 11 is 0. The summed E-state index contributed by atoms with van der Waals surface area (Å²) in [6, 6.07) is -1.51. The van der Waals surface area contributed by atoms with Crippen LogP contribution in [0, 0.1) is 11.8 Å². The van der Waals surface area contributed by atoms with Gasteiger partial charge in [-0.2, -0.15) is 0 Å². The van der Waals surface area contributed by atoms with Crippen molar-refractivity contribution in [2.45, 2.75) is 45.1 Å². The molecule has 3 atom stereocenters. The SMILES string of the molecule is CC1CCCC(CNC(=O)NC(CCO)C(=O)O)C1. The molecule has 0 heterocycles. The minimum absolute atomic E-state index is 0.0171. The minimum atomic E-state index is -1.13. The second-order valence-corrected chi connectivity index (χ2v) is 5.40. The topological polar surface area (TPSA) is 98.7 Å². The van der Waals surface area contributed by atoms with Crippen molar-refractivity contribution in [3.05, 3.63) is 0 Å². The number of carboxylic acid groups (broad SMARTS) is 1. The van der Waals surface area contributed by atoms with Crippen LogP contribution >= 0.6 is 0 Å². The lowest BCUT2D eigenvalue weighted by atomic mass is 9.82.